The number of nitrogens with one attached hydrogen (secondary N) is 1. The molecule has 134 valence electrons. The number of hydrogen-bond donors (Lipinski definition) is 2. The van der Waals surface area contributed by atoms with Crippen LogP contribution in [0, 0.1) is 11.6 Å². The fraction of sp³-hybridized carbons (Fsp3) is 0.368. The summed E-state index contributed by atoms with van der Waals surface area (Å²) in [6, 6.07) is 8.31. The third kappa shape index (κ3) is 3.39. The molecule has 0 aromatic heterocycles. The smallest absolute Gasteiger partial charge is 0.150 e. The molecule has 0 bridgehead atoms. The normalized spacial score (nSPS) is 14.5. The van der Waals surface area contributed by atoms with Gasteiger partial charge in [-0.15, -0.1) is 0 Å². The predicted molar refractivity (Wildman–Crippen MR) is 100.0 cm³/mol. The fourth-order valence-corrected chi connectivity index (χ4v) is 3.48. The molecular formula is C19H24F2N4. The minimum Gasteiger partial charge on any atom is -0.386 e. The van der Waals surface area contributed by atoms with E-state index in [-0.39, 0.29) is 5.69 Å². The number of benzene rings is 2. The maximum atomic E-state index is 14.7. The molecule has 1 saturated heterocycles. The molecule has 0 atom stereocenters. The van der Waals surface area contributed by atoms with Crippen LogP contribution in [0.15, 0.2) is 30.3 Å². The molecule has 2 aromatic carbocycles. The van der Waals surface area contributed by atoms with Crippen molar-refractivity contribution in [3.63, 3.8) is 0 Å². The zero-order valence-corrected chi connectivity index (χ0v) is 14.6. The van der Waals surface area contributed by atoms with Crippen LogP contribution in [0.1, 0.15) is 19.3 Å². The van der Waals surface area contributed by atoms with Gasteiger partial charge >= 0.3 is 0 Å². The second-order valence-corrected chi connectivity index (χ2v) is 6.40. The average Bonchev–Trinajstić information content (AvgIpc) is 2.61. The van der Waals surface area contributed by atoms with Crippen LogP contribution in [-0.2, 0) is 0 Å². The predicted octanol–water partition coefficient (Wildman–Crippen LogP) is 3.97. The first-order valence-electron chi connectivity index (χ1n) is 8.56. The minimum atomic E-state index is -0.523. The summed E-state index contributed by atoms with van der Waals surface area (Å²) in [6.07, 6.45) is 3.05. The van der Waals surface area contributed by atoms with E-state index in [2.05, 4.69) is 5.32 Å². The van der Waals surface area contributed by atoms with Crippen molar-refractivity contribution in [1.82, 2.24) is 0 Å². The number of anilines is 3. The molecule has 6 heteroatoms. The van der Waals surface area contributed by atoms with Crippen LogP contribution in [0.4, 0.5) is 25.8 Å². The van der Waals surface area contributed by atoms with Crippen LogP contribution in [0.5, 0.6) is 0 Å². The van der Waals surface area contributed by atoms with Gasteiger partial charge < -0.3 is 15.2 Å². The average molecular weight is 346 g/mol. The Morgan fingerprint density at radius 1 is 1.08 bits per heavy atom. The van der Waals surface area contributed by atoms with Gasteiger partial charge in [-0.05, 0) is 43.0 Å². The Morgan fingerprint density at radius 2 is 1.72 bits per heavy atom. The first-order valence-corrected chi connectivity index (χ1v) is 8.56. The molecule has 1 fully saturated rings. The summed E-state index contributed by atoms with van der Waals surface area (Å²) < 4.78 is 29.5. The third-order valence-electron chi connectivity index (χ3n) is 4.67. The Labute approximate surface area is 147 Å². The van der Waals surface area contributed by atoms with Gasteiger partial charge in [0.1, 0.15) is 17.3 Å². The van der Waals surface area contributed by atoms with E-state index in [4.69, 9.17) is 5.84 Å². The zero-order valence-electron chi connectivity index (χ0n) is 14.6. The molecule has 25 heavy (non-hydrogen) atoms. The Hall–Kier alpha value is -2.34. The third-order valence-corrected chi connectivity index (χ3v) is 4.67. The van der Waals surface area contributed by atoms with Crippen molar-refractivity contribution in [2.24, 2.45) is 5.84 Å². The summed E-state index contributed by atoms with van der Waals surface area (Å²) in [4.78, 5) is 1.81. The molecule has 0 aliphatic carbocycles. The van der Waals surface area contributed by atoms with Crippen molar-refractivity contribution in [2.75, 3.05) is 42.4 Å². The standard InChI is InChI=1S/C19H24F2N4/c1-23-18-14(7-6-8-17(18)24(2)22)13-11-15(20)19(16(21)12-13)25-9-4-3-5-10-25/h6-8,11-12,23H,3-5,9-10,22H2,1-2H3. The van der Waals surface area contributed by atoms with Crippen LogP contribution < -0.4 is 21.1 Å². The molecule has 0 saturated carbocycles. The summed E-state index contributed by atoms with van der Waals surface area (Å²) in [5.74, 6) is 4.81. The summed E-state index contributed by atoms with van der Waals surface area (Å²) in [6.45, 7) is 1.39. The molecule has 1 heterocycles. The fourth-order valence-electron chi connectivity index (χ4n) is 3.48. The highest BCUT2D eigenvalue weighted by Gasteiger charge is 2.21. The first kappa shape index (κ1) is 17.5. The number of piperidine rings is 1. The maximum absolute atomic E-state index is 14.7. The number of halogens is 2. The zero-order chi connectivity index (χ0) is 18.0. The van der Waals surface area contributed by atoms with Gasteiger partial charge in [0, 0.05) is 32.7 Å². The highest BCUT2D eigenvalue weighted by molar-refractivity contribution is 5.87. The molecule has 3 N–H and O–H groups in total. The molecule has 1 aliphatic heterocycles. The number of hydrazine groups is 1. The second-order valence-electron chi connectivity index (χ2n) is 6.40. The topological polar surface area (TPSA) is 44.5 Å². The van der Waals surface area contributed by atoms with E-state index in [0.29, 0.717) is 24.2 Å². The number of para-hydroxylation sites is 1. The van der Waals surface area contributed by atoms with E-state index >= 15 is 0 Å². The lowest BCUT2D eigenvalue weighted by molar-refractivity contribution is 0.531. The molecule has 1 aliphatic rings. The van der Waals surface area contributed by atoms with E-state index in [1.807, 2.05) is 18.2 Å². The van der Waals surface area contributed by atoms with E-state index in [0.717, 1.165) is 30.6 Å². The lowest BCUT2D eigenvalue weighted by atomic mass is 10.0. The van der Waals surface area contributed by atoms with Crippen molar-refractivity contribution in [1.29, 1.82) is 0 Å². The summed E-state index contributed by atoms with van der Waals surface area (Å²) in [5.41, 5.74) is 2.77. The molecule has 0 amide bonds. The Balaban J connectivity index is 2.06. The number of hydrogen-bond acceptors (Lipinski definition) is 4. The summed E-state index contributed by atoms with van der Waals surface area (Å²) in [7, 11) is 3.49. The molecule has 0 unspecified atom stereocenters. The minimum absolute atomic E-state index is 0.0848. The summed E-state index contributed by atoms with van der Waals surface area (Å²) >= 11 is 0. The highest BCUT2D eigenvalue weighted by Crippen LogP contribution is 2.38. The van der Waals surface area contributed by atoms with Gasteiger partial charge in [0.25, 0.3) is 0 Å². The van der Waals surface area contributed by atoms with E-state index < -0.39 is 11.6 Å². The van der Waals surface area contributed by atoms with Crippen molar-refractivity contribution in [3.8, 4) is 11.1 Å². The lowest BCUT2D eigenvalue weighted by Gasteiger charge is -2.29. The molecule has 4 nitrogen and oxygen atoms in total. The summed E-state index contributed by atoms with van der Waals surface area (Å²) in [5, 5.41) is 4.56. The molecular weight excluding hydrogens is 322 g/mol. The van der Waals surface area contributed by atoms with Crippen molar-refractivity contribution >= 4 is 17.1 Å². The van der Waals surface area contributed by atoms with Crippen LogP contribution in [0.25, 0.3) is 11.1 Å². The van der Waals surface area contributed by atoms with E-state index in [1.165, 1.54) is 17.1 Å². The molecule has 0 spiro atoms. The Kier molecular flexibility index (Phi) is 5.08. The first-order chi connectivity index (χ1) is 12.0. The number of nitrogens with two attached hydrogens (primary N) is 1. The molecule has 2 aromatic rings. The van der Waals surface area contributed by atoms with E-state index in [1.54, 1.807) is 19.0 Å². The largest absolute Gasteiger partial charge is 0.386 e. The van der Waals surface area contributed by atoms with Crippen LogP contribution >= 0.6 is 0 Å². The second kappa shape index (κ2) is 7.27. The van der Waals surface area contributed by atoms with Crippen molar-refractivity contribution in [2.45, 2.75) is 19.3 Å². The van der Waals surface area contributed by atoms with Gasteiger partial charge in [-0.2, -0.15) is 0 Å². The molecule has 3 rings (SSSR count). The Bertz CT molecular complexity index is 732. The van der Waals surface area contributed by atoms with Gasteiger partial charge in [0.05, 0.1) is 11.4 Å². The number of rotatable bonds is 4. The van der Waals surface area contributed by atoms with Gasteiger partial charge in [0.15, 0.2) is 0 Å². The quantitative estimate of drug-likeness (QED) is 0.649. The maximum Gasteiger partial charge on any atom is 0.150 e. The van der Waals surface area contributed by atoms with Gasteiger partial charge in [-0.3, -0.25) is 0 Å². The van der Waals surface area contributed by atoms with Crippen LogP contribution in [0.2, 0.25) is 0 Å². The van der Waals surface area contributed by atoms with Crippen LogP contribution in [0.3, 0.4) is 0 Å². The van der Waals surface area contributed by atoms with Crippen LogP contribution in [-0.4, -0.2) is 27.2 Å². The van der Waals surface area contributed by atoms with Gasteiger partial charge in [-0.1, -0.05) is 12.1 Å². The molecule has 0 radical (unpaired) electrons. The van der Waals surface area contributed by atoms with Gasteiger partial charge in [0.2, 0.25) is 0 Å². The van der Waals surface area contributed by atoms with E-state index in [9.17, 15) is 8.78 Å². The van der Waals surface area contributed by atoms with Crippen molar-refractivity contribution in [3.05, 3.63) is 42.0 Å². The SMILES string of the molecule is CNc1c(-c2cc(F)c(N3CCCCC3)c(F)c2)cccc1N(C)N. The monoisotopic (exact) mass is 346 g/mol. The lowest BCUT2D eigenvalue weighted by Crippen LogP contribution is -2.31. The van der Waals surface area contributed by atoms with Gasteiger partial charge in [-0.25, -0.2) is 14.6 Å². The Morgan fingerprint density at radius 3 is 2.28 bits per heavy atom. The number of nitrogens with zero attached hydrogens (tertiary/aromatic N) is 2. The highest BCUT2D eigenvalue weighted by atomic mass is 19.1. The van der Waals surface area contributed by atoms with Crippen molar-refractivity contribution < 1.29 is 8.78 Å².